The van der Waals surface area contributed by atoms with Gasteiger partial charge in [0.2, 0.25) is 0 Å². The number of hydrogen-bond acceptors (Lipinski definition) is 4. The van der Waals surface area contributed by atoms with E-state index in [-0.39, 0.29) is 24.0 Å². The van der Waals surface area contributed by atoms with Crippen molar-refractivity contribution >= 4 is 29.9 Å². The van der Waals surface area contributed by atoms with Crippen LogP contribution in [0.2, 0.25) is 0 Å². The van der Waals surface area contributed by atoms with Gasteiger partial charge < -0.3 is 19.9 Å². The van der Waals surface area contributed by atoms with Crippen LogP contribution in [-0.4, -0.2) is 24.3 Å². The van der Waals surface area contributed by atoms with Crippen LogP contribution in [0.3, 0.4) is 0 Å². The molecule has 0 saturated heterocycles. The molecule has 2 rings (SSSR count). The average Bonchev–Trinajstić information content (AvgIpc) is 3.10. The second kappa shape index (κ2) is 11.7. The van der Waals surface area contributed by atoms with Crippen molar-refractivity contribution in [1.82, 2.24) is 15.8 Å². The maximum absolute atomic E-state index is 5.85. The molecular formula is C18H27IN4O2. The molecule has 0 bridgehead atoms. The molecule has 0 saturated carbocycles. The average molecular weight is 458 g/mol. The molecule has 1 aromatic heterocycles. The number of hydrogen-bond donors (Lipinski definition) is 2. The van der Waals surface area contributed by atoms with E-state index in [0.29, 0.717) is 19.7 Å². The number of guanidine groups is 1. The van der Waals surface area contributed by atoms with E-state index in [1.165, 1.54) is 5.56 Å². The molecule has 0 radical (unpaired) electrons. The van der Waals surface area contributed by atoms with Crippen molar-refractivity contribution in [3.8, 4) is 5.75 Å². The molecule has 0 aliphatic heterocycles. The van der Waals surface area contributed by atoms with Gasteiger partial charge in [0, 0.05) is 18.2 Å². The molecule has 2 N–H and O–H groups in total. The Hall–Kier alpha value is -1.77. The van der Waals surface area contributed by atoms with Crippen LogP contribution in [0.1, 0.15) is 37.1 Å². The zero-order valence-electron chi connectivity index (χ0n) is 15.0. The molecule has 25 heavy (non-hydrogen) atoms. The third kappa shape index (κ3) is 7.33. The Morgan fingerprint density at radius 3 is 2.76 bits per heavy atom. The summed E-state index contributed by atoms with van der Waals surface area (Å²) in [6, 6.07) is 8.05. The van der Waals surface area contributed by atoms with Crippen molar-refractivity contribution in [2.75, 3.05) is 13.2 Å². The molecule has 2 aromatic rings. The van der Waals surface area contributed by atoms with Crippen LogP contribution in [-0.2, 0) is 13.1 Å². The molecule has 0 amide bonds. The fourth-order valence-electron chi connectivity index (χ4n) is 2.15. The van der Waals surface area contributed by atoms with Gasteiger partial charge in [-0.15, -0.1) is 24.0 Å². The van der Waals surface area contributed by atoms with Gasteiger partial charge in [0.1, 0.15) is 17.7 Å². The van der Waals surface area contributed by atoms with Crippen LogP contribution in [0, 0.1) is 6.92 Å². The van der Waals surface area contributed by atoms with Gasteiger partial charge in [-0.1, -0.05) is 24.2 Å². The van der Waals surface area contributed by atoms with Crippen LogP contribution >= 0.6 is 24.0 Å². The lowest BCUT2D eigenvalue weighted by Crippen LogP contribution is -2.36. The molecule has 7 heteroatoms. The second-order valence-corrected chi connectivity index (χ2v) is 5.50. The van der Waals surface area contributed by atoms with Crippen molar-refractivity contribution in [2.24, 2.45) is 4.99 Å². The van der Waals surface area contributed by atoms with Crippen molar-refractivity contribution in [1.29, 1.82) is 0 Å². The van der Waals surface area contributed by atoms with E-state index in [1.807, 2.05) is 13.0 Å². The number of aliphatic imine (C=N–C) groups is 1. The molecule has 0 aliphatic carbocycles. The van der Waals surface area contributed by atoms with Crippen molar-refractivity contribution in [3.63, 3.8) is 0 Å². The van der Waals surface area contributed by atoms with Crippen molar-refractivity contribution < 1.29 is 9.26 Å². The molecule has 0 fully saturated rings. The molecular weight excluding hydrogens is 431 g/mol. The predicted octanol–water partition coefficient (Wildman–Crippen LogP) is 3.65. The summed E-state index contributed by atoms with van der Waals surface area (Å²) in [7, 11) is 0. The van der Waals surface area contributed by atoms with E-state index in [1.54, 1.807) is 6.26 Å². The van der Waals surface area contributed by atoms with Crippen LogP contribution in [0.15, 0.2) is 40.0 Å². The van der Waals surface area contributed by atoms with Crippen molar-refractivity contribution in [3.05, 3.63) is 47.3 Å². The number of nitrogens with one attached hydrogen (secondary N) is 2. The lowest BCUT2D eigenvalue weighted by atomic mass is 10.1. The summed E-state index contributed by atoms with van der Waals surface area (Å²) in [6.45, 7) is 8.82. The molecule has 138 valence electrons. The number of aryl methyl sites for hydroxylation is 1. The first-order valence-corrected chi connectivity index (χ1v) is 8.36. The maximum Gasteiger partial charge on any atom is 0.191 e. The number of benzene rings is 1. The zero-order valence-corrected chi connectivity index (χ0v) is 17.4. The molecule has 1 heterocycles. The normalized spacial score (nSPS) is 10.9. The molecule has 0 aliphatic rings. The van der Waals surface area contributed by atoms with Gasteiger partial charge in [0.25, 0.3) is 0 Å². The molecule has 0 atom stereocenters. The van der Waals surface area contributed by atoms with E-state index in [0.717, 1.165) is 35.9 Å². The number of halogens is 1. The van der Waals surface area contributed by atoms with Gasteiger partial charge in [-0.05, 0) is 31.9 Å². The highest BCUT2D eigenvalue weighted by Gasteiger charge is 2.05. The zero-order chi connectivity index (χ0) is 17.2. The van der Waals surface area contributed by atoms with Gasteiger partial charge >= 0.3 is 0 Å². The smallest absolute Gasteiger partial charge is 0.191 e. The quantitative estimate of drug-likeness (QED) is 0.359. The summed E-state index contributed by atoms with van der Waals surface area (Å²) >= 11 is 0. The Kier molecular flexibility index (Phi) is 9.98. The largest absolute Gasteiger partial charge is 0.493 e. The summed E-state index contributed by atoms with van der Waals surface area (Å²) in [6.07, 6.45) is 2.54. The van der Waals surface area contributed by atoms with E-state index in [9.17, 15) is 0 Å². The lowest BCUT2D eigenvalue weighted by molar-refractivity contribution is 0.314. The Bertz CT molecular complexity index is 645. The van der Waals surface area contributed by atoms with E-state index >= 15 is 0 Å². The van der Waals surface area contributed by atoms with Gasteiger partial charge in [-0.25, -0.2) is 4.99 Å². The topological polar surface area (TPSA) is 71.7 Å². The van der Waals surface area contributed by atoms with Gasteiger partial charge in [-0.2, -0.15) is 0 Å². The lowest BCUT2D eigenvalue weighted by Gasteiger charge is -2.13. The van der Waals surface area contributed by atoms with Gasteiger partial charge in [0.15, 0.2) is 5.96 Å². The first-order chi connectivity index (χ1) is 11.7. The molecule has 0 unspecified atom stereocenters. The second-order valence-electron chi connectivity index (χ2n) is 5.50. The minimum Gasteiger partial charge on any atom is -0.493 e. The van der Waals surface area contributed by atoms with Gasteiger partial charge in [0.05, 0.1) is 19.7 Å². The van der Waals surface area contributed by atoms with Crippen LogP contribution < -0.4 is 15.4 Å². The fraction of sp³-hybridized carbons (Fsp3) is 0.444. The maximum atomic E-state index is 5.85. The number of nitrogens with zero attached hydrogens (tertiary/aromatic N) is 2. The summed E-state index contributed by atoms with van der Waals surface area (Å²) in [4.78, 5) is 4.64. The Balaban J connectivity index is 0.00000312. The number of aromatic nitrogens is 1. The van der Waals surface area contributed by atoms with E-state index < -0.39 is 0 Å². The minimum absolute atomic E-state index is 0. The fourth-order valence-corrected chi connectivity index (χ4v) is 2.15. The number of ether oxygens (including phenoxy) is 1. The minimum atomic E-state index is 0. The van der Waals surface area contributed by atoms with Crippen molar-refractivity contribution in [2.45, 2.75) is 40.3 Å². The van der Waals surface area contributed by atoms with Crippen LogP contribution in [0.25, 0.3) is 0 Å². The van der Waals surface area contributed by atoms with Crippen LogP contribution in [0.4, 0.5) is 0 Å². The summed E-state index contributed by atoms with van der Waals surface area (Å²) in [5, 5.41) is 10.4. The highest BCUT2D eigenvalue weighted by atomic mass is 127. The predicted molar refractivity (Wildman–Crippen MR) is 111 cm³/mol. The standard InChI is InChI=1S/C18H26N4O2.HI/c1-4-9-23-17-11-14(3)6-7-15(17)12-20-18(19-5-2)21-13-16-8-10-24-22-16;/h6-8,10-11H,4-5,9,12-13H2,1-3H3,(H2,19,20,21);1H. The summed E-state index contributed by atoms with van der Waals surface area (Å²) in [5.41, 5.74) is 3.10. The third-order valence-corrected chi connectivity index (χ3v) is 3.36. The Morgan fingerprint density at radius 2 is 2.08 bits per heavy atom. The van der Waals surface area contributed by atoms with Crippen LogP contribution in [0.5, 0.6) is 5.75 Å². The highest BCUT2D eigenvalue weighted by Crippen LogP contribution is 2.21. The SMILES string of the molecule is CCCOc1cc(C)ccc1CN=C(NCC)NCc1ccon1.I. The first-order valence-electron chi connectivity index (χ1n) is 8.36. The summed E-state index contributed by atoms with van der Waals surface area (Å²) in [5.74, 6) is 1.65. The van der Waals surface area contributed by atoms with Gasteiger partial charge in [-0.3, -0.25) is 0 Å². The third-order valence-electron chi connectivity index (χ3n) is 3.36. The molecule has 6 nitrogen and oxygen atoms in total. The first kappa shape index (κ1) is 21.3. The number of rotatable bonds is 8. The van der Waals surface area contributed by atoms with E-state index in [4.69, 9.17) is 9.26 Å². The highest BCUT2D eigenvalue weighted by molar-refractivity contribution is 14.0. The Morgan fingerprint density at radius 1 is 1.24 bits per heavy atom. The summed E-state index contributed by atoms with van der Waals surface area (Å²) < 4.78 is 10.7. The monoisotopic (exact) mass is 458 g/mol. The molecule has 1 aromatic carbocycles. The van der Waals surface area contributed by atoms with E-state index in [2.05, 4.69) is 52.8 Å². The molecule has 0 spiro atoms. The Labute approximate surface area is 166 Å².